The van der Waals surface area contributed by atoms with Crippen molar-refractivity contribution in [3.05, 3.63) is 10.1 Å². The first-order chi connectivity index (χ1) is 4.59. The first-order valence-corrected chi connectivity index (χ1v) is 2.77. The van der Waals surface area contributed by atoms with E-state index in [1.54, 1.807) is 0 Å². The number of nitrogens with two attached hydrogens (primary N) is 1. The average Bonchev–Trinajstić information content (AvgIpc) is 1.88. The maximum Gasteiger partial charge on any atom is 1.00 e. The maximum absolute atomic E-state index is 9.76. The largest absolute Gasteiger partial charge is 1.00 e. The van der Waals surface area contributed by atoms with Crippen molar-refractivity contribution in [3.8, 4) is 0 Å². The summed E-state index contributed by atoms with van der Waals surface area (Å²) < 4.78 is 0. The van der Waals surface area contributed by atoms with Crippen LogP contribution in [0.2, 0.25) is 0 Å². The second kappa shape index (κ2) is 12.8. The minimum Gasteiger partial charge on any atom is -0.480 e. The van der Waals surface area contributed by atoms with Gasteiger partial charge in [-0.15, -0.1) is 5.34 Å². The van der Waals surface area contributed by atoms with E-state index in [2.05, 4.69) is 12.6 Å². The standard InChI is InChI=1S/C3H7NO2S.HNO2.Na/c4-2(1-7)3(5)6;2-1-3;/h2,7H,1,4H2,(H,5,6);(H,2,3);/q;;+1/p-1. The van der Waals surface area contributed by atoms with Gasteiger partial charge in [-0.25, -0.2) is 0 Å². The van der Waals surface area contributed by atoms with E-state index in [1.807, 2.05) is 0 Å². The van der Waals surface area contributed by atoms with E-state index in [-0.39, 0.29) is 35.3 Å². The Bertz CT molecular complexity index is 114. The number of carboxylic acids is 1. The van der Waals surface area contributed by atoms with Crippen LogP contribution in [0.3, 0.4) is 0 Å². The summed E-state index contributed by atoms with van der Waals surface area (Å²) in [5.74, 6) is -0.815. The van der Waals surface area contributed by atoms with Gasteiger partial charge in [0.15, 0.2) is 0 Å². The molecule has 0 heterocycles. The summed E-state index contributed by atoms with van der Waals surface area (Å²) in [6.45, 7) is 0. The molecule has 3 N–H and O–H groups in total. The summed E-state index contributed by atoms with van der Waals surface area (Å²) in [6.07, 6.45) is 0. The van der Waals surface area contributed by atoms with Crippen molar-refractivity contribution in [2.75, 3.05) is 5.75 Å². The van der Waals surface area contributed by atoms with Crippen LogP contribution in [0, 0.1) is 10.1 Å². The van der Waals surface area contributed by atoms with Gasteiger partial charge in [0.1, 0.15) is 6.04 Å². The summed E-state index contributed by atoms with van der Waals surface area (Å²) in [5.41, 5.74) is 4.94. The molecule has 0 saturated heterocycles. The predicted octanol–water partition coefficient (Wildman–Crippen LogP) is -3.42. The topological polar surface area (TPSA) is 116 Å². The molecule has 0 saturated carbocycles. The smallest absolute Gasteiger partial charge is 0.480 e. The van der Waals surface area contributed by atoms with Gasteiger partial charge >= 0.3 is 35.5 Å². The zero-order valence-corrected chi connectivity index (χ0v) is 8.82. The summed E-state index contributed by atoms with van der Waals surface area (Å²) in [6, 6.07) is -0.816. The summed E-state index contributed by atoms with van der Waals surface area (Å²) in [4.78, 5) is 17.8. The molecule has 0 aromatic rings. The molecule has 0 spiro atoms. The third-order valence-corrected chi connectivity index (χ3v) is 0.907. The molecule has 0 aromatic carbocycles. The van der Waals surface area contributed by atoms with Gasteiger partial charge in [-0.2, -0.15) is 12.6 Å². The van der Waals surface area contributed by atoms with E-state index >= 15 is 0 Å². The van der Waals surface area contributed by atoms with Gasteiger partial charge in [0.05, 0.1) is 0 Å². The second-order valence-electron chi connectivity index (χ2n) is 1.20. The Morgan fingerprint density at radius 3 is 2.09 bits per heavy atom. The predicted molar refractivity (Wildman–Crippen MR) is 38.6 cm³/mol. The molecule has 0 aliphatic heterocycles. The molecule has 0 radical (unpaired) electrons. The normalized spacial score (nSPS) is 9.64. The van der Waals surface area contributed by atoms with Gasteiger partial charge in [0.25, 0.3) is 0 Å². The Balaban J connectivity index is -0.000000140. The van der Waals surface area contributed by atoms with Crippen LogP contribution in [-0.2, 0) is 4.79 Å². The number of hydrogen-bond donors (Lipinski definition) is 3. The molecule has 6 nitrogen and oxygen atoms in total. The van der Waals surface area contributed by atoms with Crippen molar-refractivity contribution in [2.24, 2.45) is 11.1 Å². The Kier molecular flexibility index (Phi) is 20.2. The van der Waals surface area contributed by atoms with Crippen LogP contribution in [0.15, 0.2) is 5.34 Å². The van der Waals surface area contributed by atoms with Gasteiger partial charge < -0.3 is 21.0 Å². The van der Waals surface area contributed by atoms with Crippen LogP contribution in [0.4, 0.5) is 0 Å². The van der Waals surface area contributed by atoms with Crippen LogP contribution >= 0.6 is 12.6 Å². The number of hydrogen-bond acceptors (Lipinski definition) is 6. The molecule has 0 aromatic heterocycles. The molecule has 1 unspecified atom stereocenters. The van der Waals surface area contributed by atoms with Crippen LogP contribution < -0.4 is 35.3 Å². The van der Waals surface area contributed by atoms with Crippen LogP contribution in [0.5, 0.6) is 0 Å². The molecule has 0 fully saturated rings. The summed E-state index contributed by atoms with van der Waals surface area (Å²) in [7, 11) is 0. The Morgan fingerprint density at radius 1 is 1.82 bits per heavy atom. The first-order valence-electron chi connectivity index (χ1n) is 2.14. The molecular weight excluding hydrogens is 183 g/mol. The Morgan fingerprint density at radius 2 is 2.09 bits per heavy atom. The second-order valence-corrected chi connectivity index (χ2v) is 1.57. The molecule has 60 valence electrons. The van der Waals surface area contributed by atoms with E-state index in [1.165, 1.54) is 0 Å². The van der Waals surface area contributed by atoms with E-state index in [0.717, 1.165) is 5.34 Å². The molecular formula is C3H7N2NaO4S. The third-order valence-electron chi connectivity index (χ3n) is 0.514. The van der Waals surface area contributed by atoms with Crippen molar-refractivity contribution in [1.82, 2.24) is 0 Å². The van der Waals surface area contributed by atoms with Gasteiger partial charge in [0.2, 0.25) is 0 Å². The van der Waals surface area contributed by atoms with Crippen molar-refractivity contribution < 1.29 is 39.5 Å². The summed E-state index contributed by atoms with van der Waals surface area (Å²) in [5, 5.41) is 17.0. The molecule has 0 aliphatic carbocycles. The van der Waals surface area contributed by atoms with Gasteiger partial charge in [-0.3, -0.25) is 4.79 Å². The van der Waals surface area contributed by atoms with Gasteiger partial charge in [-0.1, -0.05) is 0 Å². The minimum absolute atomic E-state index is 0. The van der Waals surface area contributed by atoms with Gasteiger partial charge in [0, 0.05) is 5.75 Å². The number of thiol groups is 1. The fourth-order valence-electron chi connectivity index (χ4n) is 0.0781. The third kappa shape index (κ3) is 17.8. The molecule has 0 amide bonds. The number of nitrogens with zero attached hydrogens (tertiary/aromatic N) is 1. The van der Waals surface area contributed by atoms with Crippen LogP contribution in [-0.4, -0.2) is 22.9 Å². The quantitative estimate of drug-likeness (QED) is 0.181. The number of carbonyl (C=O) groups is 1. The number of carboxylic acid groups (broad SMARTS) is 1. The fraction of sp³-hybridized carbons (Fsp3) is 0.667. The molecule has 0 aliphatic rings. The minimum atomic E-state index is -1.00. The zero-order chi connectivity index (χ0) is 8.57. The van der Waals surface area contributed by atoms with Crippen molar-refractivity contribution >= 4 is 18.6 Å². The van der Waals surface area contributed by atoms with Crippen molar-refractivity contribution in [2.45, 2.75) is 6.04 Å². The van der Waals surface area contributed by atoms with E-state index < -0.39 is 12.0 Å². The summed E-state index contributed by atoms with van der Waals surface area (Å²) >= 11 is 3.65. The van der Waals surface area contributed by atoms with Crippen LogP contribution in [0.25, 0.3) is 0 Å². The Labute approximate surface area is 90.8 Å². The van der Waals surface area contributed by atoms with Crippen molar-refractivity contribution in [3.63, 3.8) is 0 Å². The average molecular weight is 190 g/mol. The Hall–Kier alpha value is 0.180. The van der Waals surface area contributed by atoms with E-state index in [4.69, 9.17) is 21.0 Å². The van der Waals surface area contributed by atoms with E-state index in [0.29, 0.717) is 0 Å². The molecule has 11 heavy (non-hydrogen) atoms. The molecule has 0 bridgehead atoms. The number of rotatable bonds is 2. The number of aliphatic carboxylic acids is 1. The van der Waals surface area contributed by atoms with Crippen LogP contribution in [0.1, 0.15) is 0 Å². The molecule has 0 rings (SSSR count). The maximum atomic E-state index is 9.76. The van der Waals surface area contributed by atoms with E-state index in [9.17, 15) is 4.79 Å². The van der Waals surface area contributed by atoms with Gasteiger partial charge in [-0.05, 0) is 0 Å². The SMILES string of the molecule is NC(CS)C(=O)O.O=N[O-].[Na+]. The monoisotopic (exact) mass is 190 g/mol. The van der Waals surface area contributed by atoms with Crippen molar-refractivity contribution in [1.29, 1.82) is 0 Å². The fourth-order valence-corrected chi connectivity index (χ4v) is 0.234. The molecule has 8 heteroatoms. The molecule has 1 atom stereocenters. The zero-order valence-electron chi connectivity index (χ0n) is 5.93. The first kappa shape index (κ1) is 17.3.